The van der Waals surface area contributed by atoms with Gasteiger partial charge in [0.15, 0.2) is 6.10 Å². The number of hydrogen-bond acceptors (Lipinski definition) is 4. The molecular weight excluding hydrogens is 279 g/mol. The van der Waals surface area contributed by atoms with Gasteiger partial charge in [-0.05, 0) is 33.8 Å². The van der Waals surface area contributed by atoms with Gasteiger partial charge in [0.05, 0.1) is 17.4 Å². The zero-order valence-corrected chi connectivity index (χ0v) is 12.7. The molecule has 0 saturated carbocycles. The summed E-state index contributed by atoms with van der Waals surface area (Å²) < 4.78 is 42.0. The number of nitrogens with zero attached hydrogens (tertiary/aromatic N) is 1. The molecule has 1 aliphatic heterocycles. The van der Waals surface area contributed by atoms with Crippen molar-refractivity contribution in [1.29, 1.82) is 0 Å². The van der Waals surface area contributed by atoms with Gasteiger partial charge in [-0.1, -0.05) is 0 Å². The first-order valence-corrected chi connectivity index (χ1v) is 6.88. The monoisotopic (exact) mass is 299 g/mol. The Hall–Kier alpha value is -1.21. The molecule has 0 aliphatic carbocycles. The first kappa shape index (κ1) is 16.2. The van der Waals surface area contributed by atoms with E-state index in [-0.39, 0.29) is 0 Å². The van der Waals surface area contributed by atoms with Gasteiger partial charge in [-0.25, -0.2) is 8.78 Å². The number of alkyl halides is 2. The Balaban J connectivity index is 2.15. The average molecular weight is 299 g/mol. The standard InChI is InChI=1S/C14H20BF2NO3/c1-13(2)14(3,4)21-15(20-13)10-5-11(9-18-8-10)19-12(6-16)7-17/h5,8-9,12H,6-7H2,1-4H3. The van der Waals surface area contributed by atoms with Crippen molar-refractivity contribution < 1.29 is 22.8 Å². The summed E-state index contributed by atoms with van der Waals surface area (Å²) >= 11 is 0. The molecule has 1 saturated heterocycles. The maximum absolute atomic E-state index is 12.5. The summed E-state index contributed by atoms with van der Waals surface area (Å²) in [5.74, 6) is 0.294. The minimum atomic E-state index is -1.11. The van der Waals surface area contributed by atoms with Crippen LogP contribution < -0.4 is 10.2 Å². The van der Waals surface area contributed by atoms with Gasteiger partial charge in [-0.3, -0.25) is 4.98 Å². The summed E-state index contributed by atoms with van der Waals surface area (Å²) in [6.07, 6.45) is 1.89. The first-order valence-electron chi connectivity index (χ1n) is 6.88. The number of halogens is 2. The molecular formula is C14H20BF2NO3. The molecule has 7 heteroatoms. The van der Waals surface area contributed by atoms with Crippen molar-refractivity contribution in [3.63, 3.8) is 0 Å². The van der Waals surface area contributed by atoms with E-state index in [0.29, 0.717) is 11.2 Å². The maximum atomic E-state index is 12.5. The highest BCUT2D eigenvalue weighted by Crippen LogP contribution is 2.36. The third-order valence-electron chi connectivity index (χ3n) is 3.91. The van der Waals surface area contributed by atoms with E-state index in [1.165, 1.54) is 6.20 Å². The molecule has 0 radical (unpaired) electrons. The van der Waals surface area contributed by atoms with Gasteiger partial charge in [0.25, 0.3) is 0 Å². The van der Waals surface area contributed by atoms with Gasteiger partial charge < -0.3 is 14.0 Å². The fourth-order valence-electron chi connectivity index (χ4n) is 1.90. The summed E-state index contributed by atoms with van der Waals surface area (Å²) in [6.45, 7) is 6.01. The molecule has 0 aromatic carbocycles. The summed E-state index contributed by atoms with van der Waals surface area (Å²) in [5, 5.41) is 0. The fraction of sp³-hybridized carbons (Fsp3) is 0.643. The van der Waals surface area contributed by atoms with E-state index < -0.39 is 37.8 Å². The highest BCUT2D eigenvalue weighted by molar-refractivity contribution is 6.62. The van der Waals surface area contributed by atoms with Crippen LogP contribution in [0.3, 0.4) is 0 Å². The van der Waals surface area contributed by atoms with Crippen molar-refractivity contribution in [3.8, 4) is 5.75 Å². The van der Waals surface area contributed by atoms with Gasteiger partial charge >= 0.3 is 7.12 Å². The van der Waals surface area contributed by atoms with Crippen LogP contribution in [-0.2, 0) is 9.31 Å². The van der Waals surface area contributed by atoms with Gasteiger partial charge in [0.1, 0.15) is 19.1 Å². The van der Waals surface area contributed by atoms with Crippen LogP contribution in [0.1, 0.15) is 27.7 Å². The van der Waals surface area contributed by atoms with Gasteiger partial charge in [-0.2, -0.15) is 0 Å². The summed E-state index contributed by atoms with van der Waals surface area (Å²) in [7, 11) is -0.583. The first-order chi connectivity index (χ1) is 9.79. The molecule has 1 aromatic heterocycles. The lowest BCUT2D eigenvalue weighted by Crippen LogP contribution is -2.41. The normalized spacial score (nSPS) is 20.0. The number of hydrogen-bond donors (Lipinski definition) is 0. The molecule has 0 amide bonds. The Bertz CT molecular complexity index is 479. The summed E-state index contributed by atoms with van der Waals surface area (Å²) in [5.41, 5.74) is -0.272. The molecule has 0 N–H and O–H groups in total. The second kappa shape index (κ2) is 5.89. The molecule has 2 rings (SSSR count). The lowest BCUT2D eigenvalue weighted by Gasteiger charge is -2.32. The van der Waals surface area contributed by atoms with Crippen LogP contribution in [0.15, 0.2) is 18.5 Å². The van der Waals surface area contributed by atoms with Crippen molar-refractivity contribution in [2.45, 2.75) is 45.0 Å². The molecule has 1 aromatic rings. The van der Waals surface area contributed by atoms with Crippen molar-refractivity contribution >= 4 is 12.6 Å². The van der Waals surface area contributed by atoms with E-state index in [4.69, 9.17) is 14.0 Å². The second-order valence-corrected chi connectivity index (χ2v) is 6.09. The number of pyridine rings is 1. The van der Waals surface area contributed by atoms with Gasteiger partial charge in [-0.15, -0.1) is 0 Å². The van der Waals surface area contributed by atoms with Crippen molar-refractivity contribution in [2.75, 3.05) is 13.3 Å². The highest BCUT2D eigenvalue weighted by Gasteiger charge is 2.51. The Labute approximate surface area is 123 Å². The summed E-state index contributed by atoms with van der Waals surface area (Å²) in [6, 6.07) is 1.63. The second-order valence-electron chi connectivity index (χ2n) is 6.09. The minimum Gasteiger partial charge on any atom is -0.483 e. The lowest BCUT2D eigenvalue weighted by atomic mass is 9.80. The molecule has 116 valence electrons. The Morgan fingerprint density at radius 1 is 1.14 bits per heavy atom. The Morgan fingerprint density at radius 2 is 1.71 bits per heavy atom. The van der Waals surface area contributed by atoms with E-state index in [1.807, 2.05) is 27.7 Å². The fourth-order valence-corrected chi connectivity index (χ4v) is 1.90. The molecule has 2 heterocycles. The van der Waals surface area contributed by atoms with E-state index in [1.54, 1.807) is 12.3 Å². The van der Waals surface area contributed by atoms with E-state index >= 15 is 0 Å². The molecule has 21 heavy (non-hydrogen) atoms. The van der Waals surface area contributed by atoms with Crippen LogP contribution in [0.4, 0.5) is 8.78 Å². The number of ether oxygens (including phenoxy) is 1. The smallest absolute Gasteiger partial charge is 0.483 e. The van der Waals surface area contributed by atoms with E-state index in [2.05, 4.69) is 4.98 Å². The molecule has 1 aliphatic rings. The summed E-state index contributed by atoms with van der Waals surface area (Å²) in [4.78, 5) is 4.02. The molecule has 1 fully saturated rings. The zero-order chi connectivity index (χ0) is 15.7. The average Bonchev–Trinajstić information content (AvgIpc) is 2.65. The van der Waals surface area contributed by atoms with Crippen LogP contribution in [0.5, 0.6) is 5.75 Å². The van der Waals surface area contributed by atoms with Crippen LogP contribution in [-0.4, -0.2) is 42.8 Å². The van der Waals surface area contributed by atoms with Crippen molar-refractivity contribution in [2.24, 2.45) is 0 Å². The number of aromatic nitrogens is 1. The van der Waals surface area contributed by atoms with Crippen LogP contribution >= 0.6 is 0 Å². The highest BCUT2D eigenvalue weighted by atomic mass is 19.1. The molecule has 0 bridgehead atoms. The van der Waals surface area contributed by atoms with Crippen molar-refractivity contribution in [3.05, 3.63) is 18.5 Å². The quantitative estimate of drug-likeness (QED) is 0.780. The Kier molecular flexibility index (Phi) is 4.53. The van der Waals surface area contributed by atoms with E-state index in [9.17, 15) is 8.78 Å². The number of rotatable bonds is 5. The largest absolute Gasteiger partial charge is 0.496 e. The van der Waals surface area contributed by atoms with Gasteiger partial charge in [0.2, 0.25) is 0 Å². The van der Waals surface area contributed by atoms with E-state index in [0.717, 1.165) is 0 Å². The molecule has 0 atom stereocenters. The molecule has 4 nitrogen and oxygen atoms in total. The molecule has 0 unspecified atom stereocenters. The SMILES string of the molecule is CC1(C)OB(c2cncc(OC(CF)CF)c2)OC1(C)C. The minimum absolute atomic E-state index is 0.294. The predicted octanol–water partition coefficient (Wildman–Crippen LogP) is 2.07. The van der Waals surface area contributed by atoms with Crippen LogP contribution in [0.2, 0.25) is 0 Å². The van der Waals surface area contributed by atoms with Crippen LogP contribution in [0, 0.1) is 0 Å². The zero-order valence-electron chi connectivity index (χ0n) is 12.7. The third-order valence-corrected chi connectivity index (χ3v) is 3.91. The van der Waals surface area contributed by atoms with Crippen LogP contribution in [0.25, 0.3) is 0 Å². The van der Waals surface area contributed by atoms with Crippen molar-refractivity contribution in [1.82, 2.24) is 4.98 Å². The molecule has 0 spiro atoms. The lowest BCUT2D eigenvalue weighted by molar-refractivity contribution is 0.00578. The predicted molar refractivity (Wildman–Crippen MR) is 76.3 cm³/mol. The third kappa shape index (κ3) is 3.35. The topological polar surface area (TPSA) is 40.6 Å². The van der Waals surface area contributed by atoms with Gasteiger partial charge in [0, 0.05) is 11.7 Å². The Morgan fingerprint density at radius 3 is 2.24 bits per heavy atom. The maximum Gasteiger partial charge on any atom is 0.496 e.